The molecule has 0 aliphatic heterocycles. The Morgan fingerprint density at radius 3 is 2.19 bits per heavy atom. The highest BCUT2D eigenvalue weighted by molar-refractivity contribution is 5.90. The molecule has 0 aliphatic carbocycles. The van der Waals surface area contributed by atoms with Crippen molar-refractivity contribution in [3.05, 3.63) is 0 Å². The summed E-state index contributed by atoms with van der Waals surface area (Å²) in [5, 5.41) is 33.8. The number of hydrogen-bond acceptors (Lipinski definition) is 7. The van der Waals surface area contributed by atoms with E-state index in [2.05, 4.69) is 11.1 Å². The molecule has 0 unspecified atom stereocenters. The zero-order valence-corrected chi connectivity index (χ0v) is 11.1. The van der Waals surface area contributed by atoms with Crippen molar-refractivity contribution in [2.24, 2.45) is 0 Å². The SMILES string of the molecule is N#CC[C@H](NC(=O)[C@H](CCC(=O)[O-])NC(=O)C[NH3+])C(=O)[O-]. The molecule has 2 amide bonds. The van der Waals surface area contributed by atoms with Crippen LogP contribution in [0.15, 0.2) is 0 Å². The quantitative estimate of drug-likeness (QED) is 0.378. The number of rotatable bonds is 9. The largest absolute Gasteiger partial charge is 0.550 e. The lowest BCUT2D eigenvalue weighted by atomic mass is 10.1. The molecule has 0 rings (SSSR count). The van der Waals surface area contributed by atoms with E-state index in [4.69, 9.17) is 5.26 Å². The Labute approximate surface area is 119 Å². The number of carbonyl (C=O) groups excluding carboxylic acids is 4. The van der Waals surface area contributed by atoms with Gasteiger partial charge >= 0.3 is 0 Å². The molecule has 21 heavy (non-hydrogen) atoms. The summed E-state index contributed by atoms with van der Waals surface area (Å²) in [6, 6.07) is -1.26. The topological polar surface area (TPSA) is 190 Å². The number of carbonyl (C=O) groups is 4. The summed E-state index contributed by atoms with van der Waals surface area (Å²) in [6.07, 6.45) is -1.32. The fourth-order valence-corrected chi connectivity index (χ4v) is 1.35. The van der Waals surface area contributed by atoms with E-state index < -0.39 is 48.7 Å². The number of hydrogen-bond donors (Lipinski definition) is 3. The van der Waals surface area contributed by atoms with E-state index in [1.807, 2.05) is 5.32 Å². The number of nitrogens with zero attached hydrogens (tertiary/aromatic N) is 1. The van der Waals surface area contributed by atoms with Gasteiger partial charge in [0, 0.05) is 5.97 Å². The molecule has 0 bridgehead atoms. The average Bonchev–Trinajstić information content (AvgIpc) is 2.41. The van der Waals surface area contributed by atoms with Crippen LogP contribution in [0.25, 0.3) is 0 Å². The lowest BCUT2D eigenvalue weighted by Gasteiger charge is -2.22. The monoisotopic (exact) mass is 299 g/mol. The second-order valence-electron chi connectivity index (χ2n) is 4.02. The van der Waals surface area contributed by atoms with Crippen molar-refractivity contribution >= 4 is 23.8 Å². The van der Waals surface area contributed by atoms with Crippen molar-refractivity contribution in [1.29, 1.82) is 5.26 Å². The molecule has 0 aromatic rings. The van der Waals surface area contributed by atoms with Gasteiger partial charge in [-0.1, -0.05) is 0 Å². The van der Waals surface area contributed by atoms with E-state index in [0.717, 1.165) is 0 Å². The molecule has 0 aliphatic rings. The summed E-state index contributed by atoms with van der Waals surface area (Å²) in [6.45, 7) is -0.183. The van der Waals surface area contributed by atoms with Crippen LogP contribution in [0, 0.1) is 11.3 Å². The Balaban J connectivity index is 4.82. The Kier molecular flexibility index (Phi) is 8.09. The molecule has 0 saturated heterocycles. The van der Waals surface area contributed by atoms with Crippen molar-refractivity contribution in [3.63, 3.8) is 0 Å². The molecule has 2 atom stereocenters. The number of amides is 2. The number of nitrogens with one attached hydrogen (secondary N) is 2. The molecule has 10 heteroatoms. The predicted molar refractivity (Wildman–Crippen MR) is 61.1 cm³/mol. The van der Waals surface area contributed by atoms with E-state index >= 15 is 0 Å². The number of aliphatic carboxylic acids is 2. The van der Waals surface area contributed by atoms with Crippen LogP contribution in [0.1, 0.15) is 19.3 Å². The van der Waals surface area contributed by atoms with Crippen molar-refractivity contribution in [2.75, 3.05) is 6.54 Å². The first-order valence-corrected chi connectivity index (χ1v) is 5.98. The second-order valence-corrected chi connectivity index (χ2v) is 4.02. The Morgan fingerprint density at radius 1 is 1.14 bits per heavy atom. The number of carboxylic acid groups (broad SMARTS) is 2. The summed E-state index contributed by atoms with van der Waals surface area (Å²) in [7, 11) is 0. The second kappa shape index (κ2) is 9.27. The third kappa shape index (κ3) is 7.48. The molecule has 116 valence electrons. The van der Waals surface area contributed by atoms with Gasteiger partial charge in [0.2, 0.25) is 5.91 Å². The van der Waals surface area contributed by atoms with Gasteiger partial charge in [0.25, 0.3) is 5.91 Å². The maximum Gasteiger partial charge on any atom is 0.275 e. The van der Waals surface area contributed by atoms with Crippen molar-refractivity contribution in [1.82, 2.24) is 10.6 Å². The highest BCUT2D eigenvalue weighted by atomic mass is 16.4. The molecular formula is C11H15N4O6-. The normalized spacial score (nSPS) is 12.6. The van der Waals surface area contributed by atoms with Crippen LogP contribution in [0.4, 0.5) is 0 Å². The number of nitriles is 1. The zero-order valence-electron chi connectivity index (χ0n) is 11.1. The Bertz CT molecular complexity index is 458. The van der Waals surface area contributed by atoms with Crippen LogP contribution < -0.4 is 26.6 Å². The van der Waals surface area contributed by atoms with Crippen LogP contribution in [0.5, 0.6) is 0 Å². The number of carboxylic acids is 2. The van der Waals surface area contributed by atoms with E-state index in [9.17, 15) is 29.4 Å². The molecule has 10 nitrogen and oxygen atoms in total. The first kappa shape index (κ1) is 18.3. The van der Waals surface area contributed by atoms with Gasteiger partial charge in [0.05, 0.1) is 24.5 Å². The first-order valence-electron chi connectivity index (χ1n) is 5.98. The van der Waals surface area contributed by atoms with Gasteiger partial charge < -0.3 is 36.2 Å². The summed E-state index contributed by atoms with van der Waals surface area (Å²) in [5.41, 5.74) is 3.29. The lowest BCUT2D eigenvalue weighted by molar-refractivity contribution is -0.355. The van der Waals surface area contributed by atoms with Gasteiger partial charge in [0.1, 0.15) is 6.04 Å². The van der Waals surface area contributed by atoms with Gasteiger partial charge in [0.15, 0.2) is 6.54 Å². The van der Waals surface area contributed by atoms with Crippen molar-refractivity contribution < 1.29 is 35.1 Å². The molecule has 5 N–H and O–H groups in total. The minimum atomic E-state index is -1.66. The average molecular weight is 299 g/mol. The summed E-state index contributed by atoms with van der Waals surface area (Å²) in [5.74, 6) is -4.63. The van der Waals surface area contributed by atoms with Crippen molar-refractivity contribution in [3.8, 4) is 6.07 Å². The summed E-state index contributed by atoms with van der Waals surface area (Å²) >= 11 is 0. The van der Waals surface area contributed by atoms with Gasteiger partial charge in [-0.3, -0.25) is 9.59 Å². The fourth-order valence-electron chi connectivity index (χ4n) is 1.35. The predicted octanol–water partition coefficient (Wildman–Crippen LogP) is -5.61. The summed E-state index contributed by atoms with van der Waals surface area (Å²) < 4.78 is 0. The first-order chi connectivity index (χ1) is 9.81. The minimum absolute atomic E-state index is 0.183. The van der Waals surface area contributed by atoms with Crippen LogP contribution in [-0.4, -0.2) is 42.4 Å². The third-order valence-electron chi connectivity index (χ3n) is 2.41. The van der Waals surface area contributed by atoms with Crippen molar-refractivity contribution in [2.45, 2.75) is 31.3 Å². The van der Waals surface area contributed by atoms with Crippen LogP contribution in [0.2, 0.25) is 0 Å². The van der Waals surface area contributed by atoms with E-state index in [-0.39, 0.29) is 13.0 Å². The van der Waals surface area contributed by atoms with Gasteiger partial charge in [-0.15, -0.1) is 0 Å². The standard InChI is InChI=1S/C11H16N4O6/c12-4-3-7(11(20)21)15-10(19)6(1-2-9(17)18)14-8(16)5-13/h6-7H,1-3,5,13H2,(H,14,16)(H,15,19)(H,17,18)(H,20,21)/p-1/t6-,7-/m0/s1. The highest BCUT2D eigenvalue weighted by Crippen LogP contribution is 1.99. The molecule has 0 heterocycles. The minimum Gasteiger partial charge on any atom is -0.550 e. The summed E-state index contributed by atoms with van der Waals surface area (Å²) in [4.78, 5) is 44.2. The number of quaternary nitrogens is 1. The van der Waals surface area contributed by atoms with Gasteiger partial charge in [-0.2, -0.15) is 5.26 Å². The van der Waals surface area contributed by atoms with Crippen LogP contribution in [0.3, 0.4) is 0 Å². The molecular weight excluding hydrogens is 284 g/mol. The highest BCUT2D eigenvalue weighted by Gasteiger charge is 2.23. The molecule has 0 saturated carbocycles. The molecule has 0 aromatic carbocycles. The third-order valence-corrected chi connectivity index (χ3v) is 2.41. The van der Waals surface area contributed by atoms with Crippen LogP contribution >= 0.6 is 0 Å². The lowest BCUT2D eigenvalue weighted by Crippen LogP contribution is -2.61. The molecule has 0 aromatic heterocycles. The maximum atomic E-state index is 11.8. The van der Waals surface area contributed by atoms with Gasteiger partial charge in [-0.25, -0.2) is 0 Å². The van der Waals surface area contributed by atoms with Gasteiger partial charge in [-0.05, 0) is 12.8 Å². The maximum absolute atomic E-state index is 11.8. The Hall–Kier alpha value is -2.67. The fraction of sp³-hybridized carbons (Fsp3) is 0.545. The van der Waals surface area contributed by atoms with E-state index in [0.29, 0.717) is 0 Å². The molecule has 0 radical (unpaired) electrons. The Morgan fingerprint density at radius 2 is 1.76 bits per heavy atom. The van der Waals surface area contributed by atoms with E-state index in [1.54, 1.807) is 6.07 Å². The van der Waals surface area contributed by atoms with E-state index in [1.165, 1.54) is 0 Å². The zero-order chi connectivity index (χ0) is 16.4. The molecule has 0 spiro atoms. The molecule has 0 fully saturated rings. The smallest absolute Gasteiger partial charge is 0.275 e. The van der Waals surface area contributed by atoms with Crippen LogP contribution in [-0.2, 0) is 19.2 Å².